The van der Waals surface area contributed by atoms with E-state index in [2.05, 4.69) is 45.9 Å². The lowest BCUT2D eigenvalue weighted by Gasteiger charge is -2.32. The summed E-state index contributed by atoms with van der Waals surface area (Å²) in [5, 5.41) is 0. The number of methoxy groups -OCH3 is 1. The van der Waals surface area contributed by atoms with Crippen molar-refractivity contribution in [3.8, 4) is 5.75 Å². The summed E-state index contributed by atoms with van der Waals surface area (Å²) in [6.07, 6.45) is 4.30. The summed E-state index contributed by atoms with van der Waals surface area (Å²) in [5.41, 5.74) is 3.07. The monoisotopic (exact) mass is 286 g/mol. The summed E-state index contributed by atoms with van der Waals surface area (Å²) in [5.74, 6) is 0.906. The van der Waals surface area contributed by atoms with Crippen LogP contribution in [0, 0.1) is 0 Å². The fourth-order valence-corrected chi connectivity index (χ4v) is 2.87. The molecule has 1 aliphatic carbocycles. The van der Waals surface area contributed by atoms with Gasteiger partial charge in [0, 0.05) is 0 Å². The van der Waals surface area contributed by atoms with E-state index in [0.717, 1.165) is 24.1 Å². The Morgan fingerprint density at radius 2 is 1.76 bits per heavy atom. The van der Waals surface area contributed by atoms with Gasteiger partial charge in [0.1, 0.15) is 5.75 Å². The topological polar surface area (TPSA) is 27.7 Å². The van der Waals surface area contributed by atoms with Crippen LogP contribution in [0.2, 0.25) is 0 Å². The number of aryl methyl sites for hydroxylation is 1. The Morgan fingerprint density at radius 3 is 2.38 bits per heavy atom. The van der Waals surface area contributed by atoms with Crippen LogP contribution in [0.15, 0.2) is 24.3 Å². The van der Waals surface area contributed by atoms with Crippen molar-refractivity contribution in [1.82, 2.24) is 0 Å². The van der Waals surface area contributed by atoms with Gasteiger partial charge in [0.2, 0.25) is 0 Å². The van der Waals surface area contributed by atoms with Crippen LogP contribution in [0.3, 0.4) is 0 Å². The van der Waals surface area contributed by atoms with Crippen LogP contribution in [0.4, 0.5) is 0 Å². The molecule has 3 rings (SSSR count). The summed E-state index contributed by atoms with van der Waals surface area (Å²) in [6, 6.07) is 6.24. The number of hydrogen-bond acceptors (Lipinski definition) is 3. The molecule has 112 valence electrons. The van der Waals surface area contributed by atoms with Crippen LogP contribution in [0.25, 0.3) is 5.47 Å². The molecule has 4 heteroatoms. The second kappa shape index (κ2) is 4.89. The number of allylic oxidation sites excluding steroid dienone is 1. The fraction of sp³-hybridized carbons (Fsp3) is 0.529. The molecule has 0 aromatic heterocycles. The second-order valence-corrected chi connectivity index (χ2v) is 6.81. The van der Waals surface area contributed by atoms with Gasteiger partial charge in [-0.3, -0.25) is 0 Å². The van der Waals surface area contributed by atoms with E-state index >= 15 is 0 Å². The van der Waals surface area contributed by atoms with Gasteiger partial charge >= 0.3 is 7.12 Å². The van der Waals surface area contributed by atoms with Gasteiger partial charge in [-0.05, 0) is 69.3 Å². The van der Waals surface area contributed by atoms with Gasteiger partial charge in [0.15, 0.2) is 0 Å². The predicted octanol–water partition coefficient (Wildman–Crippen LogP) is 3.66. The molecule has 0 atom stereocenters. The van der Waals surface area contributed by atoms with Gasteiger partial charge < -0.3 is 14.0 Å². The molecule has 0 spiro atoms. The number of hydrogen-bond donors (Lipinski definition) is 0. The highest BCUT2D eigenvalue weighted by Gasteiger charge is 2.52. The van der Waals surface area contributed by atoms with Crippen LogP contribution >= 0.6 is 0 Å². The smallest absolute Gasteiger partial charge is 0.495 e. The molecule has 0 N–H and O–H groups in total. The number of ether oxygens (including phenoxy) is 1. The molecule has 1 heterocycles. The largest absolute Gasteiger partial charge is 0.497 e. The third-order valence-electron chi connectivity index (χ3n) is 4.91. The molecule has 21 heavy (non-hydrogen) atoms. The van der Waals surface area contributed by atoms with Crippen LogP contribution in [0.5, 0.6) is 5.75 Å². The highest BCUT2D eigenvalue weighted by atomic mass is 16.7. The molecule has 2 aliphatic rings. The summed E-state index contributed by atoms with van der Waals surface area (Å²) in [4.78, 5) is 0. The third-order valence-corrected chi connectivity index (χ3v) is 4.91. The lowest BCUT2D eigenvalue weighted by molar-refractivity contribution is 0.00578. The third kappa shape index (κ3) is 2.41. The second-order valence-electron chi connectivity index (χ2n) is 6.81. The van der Waals surface area contributed by atoms with Gasteiger partial charge in [-0.1, -0.05) is 12.1 Å². The van der Waals surface area contributed by atoms with Crippen molar-refractivity contribution in [2.24, 2.45) is 0 Å². The van der Waals surface area contributed by atoms with Crippen molar-refractivity contribution < 1.29 is 14.0 Å². The molecule has 0 bridgehead atoms. The van der Waals surface area contributed by atoms with Gasteiger partial charge in [-0.15, -0.1) is 0 Å². The maximum atomic E-state index is 6.20. The van der Waals surface area contributed by atoms with Crippen molar-refractivity contribution in [3.63, 3.8) is 0 Å². The van der Waals surface area contributed by atoms with Gasteiger partial charge in [0.25, 0.3) is 0 Å². The van der Waals surface area contributed by atoms with Crippen LogP contribution in [-0.4, -0.2) is 25.4 Å². The van der Waals surface area contributed by atoms with E-state index in [9.17, 15) is 0 Å². The highest BCUT2D eigenvalue weighted by molar-refractivity contribution is 6.69. The first-order valence-electron chi connectivity index (χ1n) is 7.57. The van der Waals surface area contributed by atoms with E-state index in [-0.39, 0.29) is 18.3 Å². The average Bonchev–Trinajstić information content (AvgIpc) is 2.66. The van der Waals surface area contributed by atoms with Crippen LogP contribution in [0.1, 0.15) is 45.2 Å². The summed E-state index contributed by atoms with van der Waals surface area (Å²) in [6.45, 7) is 8.35. The first kappa shape index (κ1) is 14.7. The van der Waals surface area contributed by atoms with Crippen molar-refractivity contribution in [2.45, 2.75) is 51.7 Å². The molecule has 1 saturated heterocycles. The molecule has 1 aromatic carbocycles. The predicted molar refractivity (Wildman–Crippen MR) is 85.4 cm³/mol. The SMILES string of the molecule is COc1ccc2c(c1)CCC=C2B1OC(C)(C)C(C)(C)O1. The van der Waals surface area contributed by atoms with E-state index in [4.69, 9.17) is 14.0 Å². The summed E-state index contributed by atoms with van der Waals surface area (Å²) in [7, 11) is 1.41. The molecule has 1 fully saturated rings. The van der Waals surface area contributed by atoms with E-state index in [1.54, 1.807) is 7.11 Å². The Kier molecular flexibility index (Phi) is 3.42. The first-order valence-corrected chi connectivity index (χ1v) is 7.57. The maximum absolute atomic E-state index is 6.20. The van der Waals surface area contributed by atoms with Gasteiger partial charge in [-0.2, -0.15) is 0 Å². The Morgan fingerprint density at radius 1 is 1.10 bits per heavy atom. The Bertz CT molecular complexity index is 574. The summed E-state index contributed by atoms with van der Waals surface area (Å²) >= 11 is 0. The first-order chi connectivity index (χ1) is 9.84. The van der Waals surface area contributed by atoms with Crippen molar-refractivity contribution in [3.05, 3.63) is 35.4 Å². The van der Waals surface area contributed by atoms with E-state index in [1.165, 1.54) is 11.1 Å². The van der Waals surface area contributed by atoms with Crippen molar-refractivity contribution in [1.29, 1.82) is 0 Å². The highest BCUT2D eigenvalue weighted by Crippen LogP contribution is 2.42. The minimum atomic E-state index is -0.303. The quantitative estimate of drug-likeness (QED) is 0.777. The molecular formula is C17H23BO3. The average molecular weight is 286 g/mol. The van der Waals surface area contributed by atoms with Crippen molar-refractivity contribution in [2.75, 3.05) is 7.11 Å². The number of rotatable bonds is 2. The molecular weight excluding hydrogens is 263 g/mol. The normalized spacial score (nSPS) is 22.7. The zero-order valence-electron chi connectivity index (χ0n) is 13.5. The Labute approximate surface area is 127 Å². The fourth-order valence-electron chi connectivity index (χ4n) is 2.87. The molecule has 3 nitrogen and oxygen atoms in total. The molecule has 0 radical (unpaired) electrons. The molecule has 1 aliphatic heterocycles. The maximum Gasteiger partial charge on any atom is 0.495 e. The zero-order valence-corrected chi connectivity index (χ0v) is 13.5. The van der Waals surface area contributed by atoms with Crippen molar-refractivity contribution >= 4 is 12.6 Å². The Balaban J connectivity index is 1.94. The molecule has 1 aromatic rings. The van der Waals surface area contributed by atoms with E-state index in [1.807, 2.05) is 6.07 Å². The van der Waals surface area contributed by atoms with E-state index < -0.39 is 0 Å². The standard InChI is InChI=1S/C17H23BO3/c1-16(2)17(3,4)21-18(20-16)15-8-6-7-12-11-13(19-5)9-10-14(12)15/h8-11H,6-7H2,1-5H3. The Hall–Kier alpha value is -1.26. The molecule has 0 amide bonds. The minimum absolute atomic E-state index is 0.289. The van der Waals surface area contributed by atoms with Crippen LogP contribution < -0.4 is 4.74 Å². The lowest BCUT2D eigenvalue weighted by atomic mass is 9.69. The van der Waals surface area contributed by atoms with E-state index in [0.29, 0.717) is 0 Å². The molecule has 0 unspecified atom stereocenters. The van der Waals surface area contributed by atoms with Gasteiger partial charge in [-0.25, -0.2) is 0 Å². The number of benzene rings is 1. The van der Waals surface area contributed by atoms with Crippen LogP contribution in [-0.2, 0) is 15.7 Å². The minimum Gasteiger partial charge on any atom is -0.497 e. The lowest BCUT2D eigenvalue weighted by Crippen LogP contribution is -2.41. The summed E-state index contributed by atoms with van der Waals surface area (Å²) < 4.78 is 17.7. The number of fused-ring (bicyclic) bond motifs is 1. The zero-order chi connectivity index (χ0) is 15.3. The van der Waals surface area contributed by atoms with Gasteiger partial charge in [0.05, 0.1) is 18.3 Å². The molecule has 0 saturated carbocycles.